The highest BCUT2D eigenvalue weighted by atomic mass is 35.5. The van der Waals surface area contributed by atoms with Gasteiger partial charge in [0.15, 0.2) is 11.6 Å². The van der Waals surface area contributed by atoms with E-state index in [4.69, 9.17) is 23.2 Å². The van der Waals surface area contributed by atoms with E-state index in [0.29, 0.717) is 95.4 Å². The number of aryl methyl sites for hydroxylation is 7. The Morgan fingerprint density at radius 3 is 1.25 bits per heavy atom. The number of ketones is 7. The molecule has 0 amide bonds. The summed E-state index contributed by atoms with van der Waals surface area (Å²) in [6, 6.07) is 54.8. The number of Topliss-reactive ketones (excluding diaryl/α,β-unsaturated/α-hetero) is 7. The molecule has 0 saturated carbocycles. The smallest absolute Gasteiger partial charge is 0.159 e. The van der Waals surface area contributed by atoms with Crippen molar-refractivity contribution in [1.82, 2.24) is 0 Å². The van der Waals surface area contributed by atoms with Crippen molar-refractivity contribution in [3.63, 3.8) is 0 Å². The van der Waals surface area contributed by atoms with Gasteiger partial charge in [-0.2, -0.15) is 0 Å². The van der Waals surface area contributed by atoms with Crippen LogP contribution in [0.25, 0.3) is 0 Å². The van der Waals surface area contributed by atoms with E-state index in [1.54, 1.807) is 12.1 Å². The summed E-state index contributed by atoms with van der Waals surface area (Å²) in [6.45, 7) is 35.4. The maximum atomic E-state index is 12.8. The molecular weight excluding hydrogens is 1300 g/mol. The molecule has 0 N–H and O–H groups in total. The Labute approximate surface area is 616 Å². The van der Waals surface area contributed by atoms with Gasteiger partial charge in [-0.1, -0.05) is 291 Å². The fourth-order valence-corrected chi connectivity index (χ4v) is 11.1. The minimum Gasteiger partial charge on any atom is -0.299 e. The Hall–Kier alpha value is -7.33. The number of hydrogen-bond acceptors (Lipinski definition) is 7. The lowest BCUT2D eigenvalue weighted by atomic mass is 9.79. The molecule has 1 aliphatic carbocycles. The third kappa shape index (κ3) is 37.4. The van der Waals surface area contributed by atoms with Crippen LogP contribution >= 0.6 is 23.2 Å². The molecule has 7 aromatic carbocycles. The fraction of sp³-hybridized carbons (Fsp3) is 0.456. The zero-order valence-electron chi connectivity index (χ0n) is 64.0. The Morgan fingerprint density at radius 1 is 0.406 bits per heavy atom. The van der Waals surface area contributed by atoms with Crippen LogP contribution in [-0.2, 0) is 78.5 Å². The third-order valence-corrected chi connectivity index (χ3v) is 18.3. The second kappa shape index (κ2) is 48.5. The summed E-state index contributed by atoms with van der Waals surface area (Å²) in [4.78, 5) is 80.6. The first-order valence-corrected chi connectivity index (χ1v) is 37.2. The van der Waals surface area contributed by atoms with Gasteiger partial charge in [0, 0.05) is 95.4 Å². The van der Waals surface area contributed by atoms with Crippen LogP contribution in [0, 0.1) is 78.7 Å². The van der Waals surface area contributed by atoms with Crippen molar-refractivity contribution < 1.29 is 42.3 Å². The molecule has 8 rings (SSSR count). The second-order valence-corrected chi connectivity index (χ2v) is 29.8. The van der Waals surface area contributed by atoms with E-state index in [9.17, 15) is 42.3 Å². The van der Waals surface area contributed by atoms with E-state index < -0.39 is 11.6 Å². The van der Waals surface area contributed by atoms with Gasteiger partial charge in [0.25, 0.3) is 0 Å². The highest BCUT2D eigenvalue weighted by Crippen LogP contribution is 2.28. The lowest BCUT2D eigenvalue weighted by molar-refractivity contribution is -0.126. The first kappa shape index (κ1) is 89.8. The van der Waals surface area contributed by atoms with E-state index in [-0.39, 0.29) is 64.8 Å². The van der Waals surface area contributed by atoms with Crippen LogP contribution in [0.4, 0.5) is 8.78 Å². The topological polar surface area (TPSA) is 119 Å². The number of carbonyl (C=O) groups is 7. The molecule has 7 nitrogen and oxygen atoms in total. The zero-order valence-corrected chi connectivity index (χ0v) is 65.5. The lowest BCUT2D eigenvalue weighted by Crippen LogP contribution is -2.26. The van der Waals surface area contributed by atoms with Gasteiger partial charge < -0.3 is 0 Å². The summed E-state index contributed by atoms with van der Waals surface area (Å²) in [5.74, 6) is 2.18. The first-order chi connectivity index (χ1) is 47.6. The minimum absolute atomic E-state index is 0.00436. The van der Waals surface area contributed by atoms with Crippen LogP contribution in [0.15, 0.2) is 170 Å². The molecule has 0 aromatic heterocycles. The normalized spacial score (nSPS) is 12.7. The summed E-state index contributed by atoms with van der Waals surface area (Å²) in [5.41, 5.74) is 12.0. The van der Waals surface area contributed by atoms with Crippen molar-refractivity contribution >= 4 is 63.7 Å². The molecule has 0 bridgehead atoms. The van der Waals surface area contributed by atoms with E-state index in [1.165, 1.54) is 50.6 Å². The third-order valence-electron chi connectivity index (χ3n) is 17.7. The van der Waals surface area contributed by atoms with Crippen molar-refractivity contribution in [2.24, 2.45) is 53.3 Å². The Morgan fingerprint density at radius 2 is 0.822 bits per heavy atom. The number of hydrogen-bond donors (Lipinski definition) is 0. The van der Waals surface area contributed by atoms with Crippen LogP contribution in [0.2, 0.25) is 10.0 Å². The van der Waals surface area contributed by atoms with Gasteiger partial charge in [-0.25, -0.2) is 8.78 Å². The summed E-state index contributed by atoms with van der Waals surface area (Å²) in [7, 11) is 0. The fourth-order valence-electron chi connectivity index (χ4n) is 10.6. The summed E-state index contributed by atoms with van der Waals surface area (Å²) in [6.07, 6.45) is 9.72. The quantitative estimate of drug-likeness (QED) is 0.0530. The van der Waals surface area contributed by atoms with Crippen LogP contribution in [-0.4, -0.2) is 40.5 Å². The van der Waals surface area contributed by atoms with Crippen molar-refractivity contribution in [2.45, 2.75) is 214 Å². The Kier molecular flexibility index (Phi) is 43.1. The summed E-state index contributed by atoms with van der Waals surface area (Å²) >= 11 is 11.8. The molecular formula is C90H118Cl2F2O7. The average Bonchev–Trinajstić information content (AvgIpc) is 0.833. The predicted molar refractivity (Wildman–Crippen MR) is 418 cm³/mol. The molecule has 3 atom stereocenters. The van der Waals surface area contributed by atoms with Crippen molar-refractivity contribution in [3.8, 4) is 0 Å². The van der Waals surface area contributed by atoms with Gasteiger partial charge in [0.2, 0.25) is 0 Å². The largest absolute Gasteiger partial charge is 0.299 e. The molecule has 0 fully saturated rings. The molecule has 11 heteroatoms. The molecule has 0 saturated heterocycles. The van der Waals surface area contributed by atoms with Gasteiger partial charge in [0.05, 0.1) is 0 Å². The number of carbonyl (C=O) groups excluding carboxylic acids is 7. The van der Waals surface area contributed by atoms with Crippen LogP contribution in [0.1, 0.15) is 211 Å². The van der Waals surface area contributed by atoms with Crippen molar-refractivity contribution in [3.05, 3.63) is 247 Å². The number of halogens is 4. The first-order valence-electron chi connectivity index (χ1n) is 36.5. The number of benzene rings is 7. The maximum Gasteiger partial charge on any atom is 0.159 e. The molecule has 7 aromatic rings. The van der Waals surface area contributed by atoms with Crippen LogP contribution in [0.5, 0.6) is 0 Å². The van der Waals surface area contributed by atoms with E-state index >= 15 is 0 Å². The Balaban J connectivity index is 0.000000401. The summed E-state index contributed by atoms with van der Waals surface area (Å²) in [5, 5.41) is 1.26. The van der Waals surface area contributed by atoms with Crippen LogP contribution < -0.4 is 0 Å². The van der Waals surface area contributed by atoms with Crippen molar-refractivity contribution in [2.75, 3.05) is 0 Å². The highest BCUT2D eigenvalue weighted by molar-refractivity contribution is 6.35. The minimum atomic E-state index is -0.857. The van der Waals surface area contributed by atoms with E-state index in [2.05, 4.69) is 118 Å². The molecule has 0 radical (unpaired) electrons. The van der Waals surface area contributed by atoms with Gasteiger partial charge >= 0.3 is 0 Å². The van der Waals surface area contributed by atoms with Gasteiger partial charge in [-0.15, -0.1) is 0 Å². The van der Waals surface area contributed by atoms with Gasteiger partial charge in [-0.05, 0) is 140 Å². The molecule has 0 heterocycles. The standard InChI is InChI=1S/C14H18O.4C13H18O.C12H14Cl2O.C12H14F2O/c1-10(2)14(15)13-8-7-11-5-3-4-6-12(11)9-13;2*1-10(2)13(14)9-8-12-6-4-11(3)5-7-12;1-10(2)13(14)9-11(3)12-7-5-4-6-8-12;1-10(2)13(14)11(3)9-12-7-5-4-6-8-12;1-8(2)12(15)6-4-9-3-5-10(13)7-11(9)14;1-8(2)12(15)6-4-9-3-5-10(13)11(14)7-9/h3-6,10,13H,7-9H2,1-2H3;2*4-7,10H,8-9H2,1-3H3;2*4-8,10-11H,9H2,1-3H3;2*3,5,7-8H,4,6H2,1-2H3. The molecule has 0 aliphatic heterocycles. The Bertz CT molecular complexity index is 3530. The predicted octanol–water partition coefficient (Wildman–Crippen LogP) is 23.1. The molecule has 101 heavy (non-hydrogen) atoms. The van der Waals surface area contributed by atoms with E-state index in [1.807, 2.05) is 146 Å². The molecule has 3 unspecified atom stereocenters. The maximum absolute atomic E-state index is 12.8. The monoisotopic (exact) mass is 1420 g/mol. The highest BCUT2D eigenvalue weighted by Gasteiger charge is 2.26. The van der Waals surface area contributed by atoms with Gasteiger partial charge in [-0.3, -0.25) is 33.6 Å². The zero-order chi connectivity index (χ0) is 75.9. The molecule has 548 valence electrons. The summed E-state index contributed by atoms with van der Waals surface area (Å²) < 4.78 is 25.4. The number of fused-ring (bicyclic) bond motifs is 1. The van der Waals surface area contributed by atoms with Gasteiger partial charge in [0.1, 0.15) is 40.5 Å². The molecule has 0 spiro atoms. The SMILES string of the molecule is CC(C)C(=O)C(C)Cc1ccccc1.CC(C)C(=O)C1CCc2ccccc2C1.CC(C)C(=O)CC(C)c1ccccc1.CC(C)C(=O)CCc1ccc(Cl)cc1Cl.CC(C)C(=O)CCc1ccc(F)c(F)c1.Cc1ccc(CCC(=O)C(C)C)cc1.Cc1ccc(CCC(=O)C(C)C)cc1. The van der Waals surface area contributed by atoms with E-state index in [0.717, 1.165) is 56.2 Å². The van der Waals surface area contributed by atoms with Crippen LogP contribution in [0.3, 0.4) is 0 Å². The second-order valence-electron chi connectivity index (χ2n) is 29.0. The van der Waals surface area contributed by atoms with Crippen molar-refractivity contribution in [1.29, 1.82) is 0 Å². The number of rotatable bonds is 26. The average molecular weight is 1420 g/mol. The molecule has 1 aliphatic rings. The lowest BCUT2D eigenvalue weighted by Gasteiger charge is -2.24.